The molecular weight excluding hydrogens is 234 g/mol. The molecule has 0 saturated heterocycles. The Bertz CT molecular complexity index is 539. The first-order chi connectivity index (χ1) is 8.54. The smallest absolute Gasteiger partial charge is 0.261 e. The van der Waals surface area contributed by atoms with Gasteiger partial charge in [-0.15, -0.1) is 0 Å². The Morgan fingerprint density at radius 1 is 1.22 bits per heavy atom. The van der Waals surface area contributed by atoms with Crippen molar-refractivity contribution in [3.8, 4) is 0 Å². The lowest BCUT2D eigenvalue weighted by molar-refractivity contribution is -0.118. The first-order valence-corrected chi connectivity index (χ1v) is 5.45. The maximum absolute atomic E-state index is 11.8. The highest BCUT2D eigenvalue weighted by Gasteiger charge is 2.32. The summed E-state index contributed by atoms with van der Waals surface area (Å²) < 4.78 is 0. The number of carbonyl (C=O) groups is 3. The number of imide groups is 1. The summed E-state index contributed by atoms with van der Waals surface area (Å²) in [6.07, 6.45) is 0. The standard InChI is InChI=1S/C12H13N3O3/c1-13-10(16)6-14-7-3-4-8-9(5-7)12(18)15(2)11(8)17/h3-5,14H,6H2,1-2H3,(H,13,16). The molecule has 0 aromatic heterocycles. The van der Waals surface area contributed by atoms with Gasteiger partial charge in [-0.05, 0) is 18.2 Å². The second-order valence-electron chi connectivity index (χ2n) is 3.96. The number of amides is 3. The number of hydrogen-bond donors (Lipinski definition) is 2. The zero-order valence-corrected chi connectivity index (χ0v) is 10.1. The summed E-state index contributed by atoms with van der Waals surface area (Å²) in [7, 11) is 2.99. The lowest BCUT2D eigenvalue weighted by Crippen LogP contribution is -2.26. The first kappa shape index (κ1) is 12.1. The SMILES string of the molecule is CNC(=O)CNc1ccc2c(c1)C(=O)N(C)C2=O. The van der Waals surface area contributed by atoms with Gasteiger partial charge < -0.3 is 10.6 Å². The van der Waals surface area contributed by atoms with Gasteiger partial charge >= 0.3 is 0 Å². The summed E-state index contributed by atoms with van der Waals surface area (Å²) in [4.78, 5) is 35.6. The summed E-state index contributed by atoms with van der Waals surface area (Å²) in [6.45, 7) is 0.118. The Morgan fingerprint density at radius 3 is 2.56 bits per heavy atom. The molecule has 0 bridgehead atoms. The van der Waals surface area contributed by atoms with E-state index in [9.17, 15) is 14.4 Å². The van der Waals surface area contributed by atoms with E-state index in [-0.39, 0.29) is 24.3 Å². The number of anilines is 1. The maximum Gasteiger partial charge on any atom is 0.261 e. The fourth-order valence-electron chi connectivity index (χ4n) is 1.74. The molecule has 0 saturated carbocycles. The largest absolute Gasteiger partial charge is 0.376 e. The molecule has 0 unspecified atom stereocenters. The molecule has 1 aliphatic rings. The van der Waals surface area contributed by atoms with Gasteiger partial charge in [-0.2, -0.15) is 0 Å². The van der Waals surface area contributed by atoms with E-state index in [4.69, 9.17) is 0 Å². The molecule has 94 valence electrons. The molecule has 2 rings (SSSR count). The van der Waals surface area contributed by atoms with Crippen LogP contribution in [0.25, 0.3) is 0 Å². The predicted octanol–water partition coefficient (Wildman–Crippen LogP) is 0.0703. The molecule has 3 amide bonds. The molecule has 0 fully saturated rings. The minimum Gasteiger partial charge on any atom is -0.376 e. The molecule has 1 aromatic carbocycles. The molecule has 0 atom stereocenters. The molecule has 1 aromatic rings. The van der Waals surface area contributed by atoms with Crippen LogP contribution in [0, 0.1) is 0 Å². The Labute approximate surface area is 104 Å². The van der Waals surface area contributed by atoms with Crippen molar-refractivity contribution >= 4 is 23.4 Å². The van der Waals surface area contributed by atoms with Crippen molar-refractivity contribution in [3.63, 3.8) is 0 Å². The third-order valence-electron chi connectivity index (χ3n) is 2.82. The number of fused-ring (bicyclic) bond motifs is 1. The van der Waals surface area contributed by atoms with Crippen molar-refractivity contribution < 1.29 is 14.4 Å². The van der Waals surface area contributed by atoms with E-state index in [0.717, 1.165) is 4.90 Å². The monoisotopic (exact) mass is 247 g/mol. The topological polar surface area (TPSA) is 78.5 Å². The van der Waals surface area contributed by atoms with E-state index in [2.05, 4.69) is 10.6 Å². The van der Waals surface area contributed by atoms with Gasteiger partial charge in [-0.25, -0.2) is 0 Å². The molecule has 0 radical (unpaired) electrons. The number of nitrogens with zero attached hydrogens (tertiary/aromatic N) is 1. The van der Waals surface area contributed by atoms with Crippen molar-refractivity contribution in [1.29, 1.82) is 0 Å². The third kappa shape index (κ3) is 1.92. The number of hydrogen-bond acceptors (Lipinski definition) is 4. The van der Waals surface area contributed by atoms with E-state index < -0.39 is 0 Å². The van der Waals surface area contributed by atoms with Gasteiger partial charge in [0.25, 0.3) is 11.8 Å². The molecule has 1 heterocycles. The van der Waals surface area contributed by atoms with Gasteiger partial charge in [0.2, 0.25) is 5.91 Å². The van der Waals surface area contributed by atoms with Crippen molar-refractivity contribution in [2.75, 3.05) is 26.0 Å². The van der Waals surface area contributed by atoms with Crippen LogP contribution in [0.4, 0.5) is 5.69 Å². The molecule has 2 N–H and O–H groups in total. The predicted molar refractivity (Wildman–Crippen MR) is 65.4 cm³/mol. The normalized spacial score (nSPS) is 13.6. The lowest BCUT2D eigenvalue weighted by atomic mass is 10.1. The van der Waals surface area contributed by atoms with Crippen LogP contribution in [0.2, 0.25) is 0 Å². The average Bonchev–Trinajstić information content (AvgIpc) is 2.61. The zero-order valence-electron chi connectivity index (χ0n) is 10.1. The van der Waals surface area contributed by atoms with Crippen molar-refractivity contribution in [3.05, 3.63) is 29.3 Å². The van der Waals surface area contributed by atoms with Crippen LogP contribution in [-0.2, 0) is 4.79 Å². The number of nitrogens with one attached hydrogen (secondary N) is 2. The molecule has 0 aliphatic carbocycles. The molecule has 6 heteroatoms. The van der Waals surface area contributed by atoms with Crippen LogP contribution in [0.1, 0.15) is 20.7 Å². The van der Waals surface area contributed by atoms with Crippen molar-refractivity contribution in [2.24, 2.45) is 0 Å². The number of rotatable bonds is 3. The Balaban J connectivity index is 2.21. The van der Waals surface area contributed by atoms with Gasteiger partial charge in [0, 0.05) is 19.8 Å². The zero-order chi connectivity index (χ0) is 13.3. The van der Waals surface area contributed by atoms with E-state index >= 15 is 0 Å². The fourth-order valence-corrected chi connectivity index (χ4v) is 1.74. The summed E-state index contributed by atoms with van der Waals surface area (Å²) in [5, 5.41) is 5.36. The maximum atomic E-state index is 11.8. The quantitative estimate of drug-likeness (QED) is 0.741. The Kier molecular flexibility index (Phi) is 3.01. The highest BCUT2D eigenvalue weighted by Crippen LogP contribution is 2.24. The fraction of sp³-hybridized carbons (Fsp3) is 0.250. The van der Waals surface area contributed by atoms with Gasteiger partial charge in [-0.1, -0.05) is 0 Å². The van der Waals surface area contributed by atoms with Crippen LogP contribution in [0.3, 0.4) is 0 Å². The van der Waals surface area contributed by atoms with E-state index in [1.165, 1.54) is 7.05 Å². The number of likely N-dealkylation sites (N-methyl/N-ethyl adjacent to an activating group) is 1. The van der Waals surface area contributed by atoms with Gasteiger partial charge in [0.1, 0.15) is 0 Å². The summed E-state index contributed by atoms with van der Waals surface area (Å²) in [6, 6.07) is 4.85. The number of benzene rings is 1. The van der Waals surface area contributed by atoms with E-state index in [1.54, 1.807) is 25.2 Å². The van der Waals surface area contributed by atoms with Crippen LogP contribution in [0.5, 0.6) is 0 Å². The van der Waals surface area contributed by atoms with E-state index in [1.807, 2.05) is 0 Å². The van der Waals surface area contributed by atoms with Gasteiger partial charge in [0.15, 0.2) is 0 Å². The molecular formula is C12H13N3O3. The summed E-state index contributed by atoms with van der Waals surface area (Å²) in [5.74, 6) is -0.776. The Hall–Kier alpha value is -2.37. The number of carbonyl (C=O) groups excluding carboxylic acids is 3. The minimum atomic E-state index is -0.321. The van der Waals surface area contributed by atoms with Crippen LogP contribution >= 0.6 is 0 Å². The second kappa shape index (κ2) is 4.48. The van der Waals surface area contributed by atoms with Crippen LogP contribution in [-0.4, -0.2) is 43.3 Å². The van der Waals surface area contributed by atoms with Crippen molar-refractivity contribution in [1.82, 2.24) is 10.2 Å². The second-order valence-corrected chi connectivity index (χ2v) is 3.96. The first-order valence-electron chi connectivity index (χ1n) is 5.45. The summed E-state index contributed by atoms with van der Waals surface area (Å²) >= 11 is 0. The molecule has 0 spiro atoms. The highest BCUT2D eigenvalue weighted by molar-refractivity contribution is 6.21. The van der Waals surface area contributed by atoms with E-state index in [0.29, 0.717) is 16.8 Å². The molecule has 6 nitrogen and oxygen atoms in total. The molecule has 18 heavy (non-hydrogen) atoms. The Morgan fingerprint density at radius 2 is 1.89 bits per heavy atom. The lowest BCUT2D eigenvalue weighted by Gasteiger charge is -2.06. The van der Waals surface area contributed by atoms with Crippen LogP contribution in [0.15, 0.2) is 18.2 Å². The van der Waals surface area contributed by atoms with Gasteiger partial charge in [-0.3, -0.25) is 19.3 Å². The minimum absolute atomic E-state index is 0.118. The van der Waals surface area contributed by atoms with Crippen LogP contribution < -0.4 is 10.6 Å². The third-order valence-corrected chi connectivity index (χ3v) is 2.82. The van der Waals surface area contributed by atoms with Gasteiger partial charge in [0.05, 0.1) is 17.7 Å². The highest BCUT2D eigenvalue weighted by atomic mass is 16.2. The van der Waals surface area contributed by atoms with Crippen molar-refractivity contribution in [2.45, 2.75) is 0 Å². The average molecular weight is 247 g/mol. The molecule has 1 aliphatic heterocycles. The summed E-state index contributed by atoms with van der Waals surface area (Å²) in [5.41, 5.74) is 1.39.